The van der Waals surface area contributed by atoms with Gasteiger partial charge in [0.15, 0.2) is 0 Å². The number of benzene rings is 1. The summed E-state index contributed by atoms with van der Waals surface area (Å²) in [6, 6.07) is 3.76. The molecule has 1 aromatic carbocycles. The molecule has 1 heterocycles. The molecule has 6 heteroatoms. The SMILES string of the molecule is COC(=O)c1ccc(C2CCCN2C(=O)O)cc1F. The van der Waals surface area contributed by atoms with Gasteiger partial charge in [-0.05, 0) is 30.5 Å². The third-order valence-corrected chi connectivity index (χ3v) is 3.28. The van der Waals surface area contributed by atoms with E-state index in [4.69, 9.17) is 5.11 Å². The summed E-state index contributed by atoms with van der Waals surface area (Å²) in [7, 11) is 1.18. The van der Waals surface area contributed by atoms with E-state index in [2.05, 4.69) is 4.74 Å². The van der Waals surface area contributed by atoms with Crippen molar-refractivity contribution >= 4 is 12.1 Å². The molecule has 1 saturated heterocycles. The van der Waals surface area contributed by atoms with Gasteiger partial charge in [-0.1, -0.05) is 6.07 Å². The van der Waals surface area contributed by atoms with Crippen molar-refractivity contribution < 1.29 is 23.8 Å². The van der Waals surface area contributed by atoms with Crippen molar-refractivity contribution in [3.05, 3.63) is 35.1 Å². The van der Waals surface area contributed by atoms with Gasteiger partial charge >= 0.3 is 12.1 Å². The van der Waals surface area contributed by atoms with Crippen LogP contribution < -0.4 is 0 Å². The quantitative estimate of drug-likeness (QED) is 0.836. The molecule has 2 rings (SSSR count). The Hall–Kier alpha value is -2.11. The van der Waals surface area contributed by atoms with Crippen molar-refractivity contribution in [3.8, 4) is 0 Å². The Balaban J connectivity index is 2.29. The van der Waals surface area contributed by atoms with Crippen LogP contribution in [0, 0.1) is 5.82 Å². The standard InChI is InChI=1S/C13H14FNO4/c1-19-12(16)9-5-4-8(7-10(9)14)11-3-2-6-15(11)13(17)18/h4-5,7,11H,2-3,6H2,1H3,(H,17,18). The number of rotatable bonds is 2. The van der Waals surface area contributed by atoms with Crippen LogP contribution in [0.1, 0.15) is 34.8 Å². The zero-order valence-electron chi connectivity index (χ0n) is 10.4. The monoisotopic (exact) mass is 267 g/mol. The van der Waals surface area contributed by atoms with E-state index in [1.165, 1.54) is 24.1 Å². The zero-order chi connectivity index (χ0) is 14.0. The Bertz CT molecular complexity index is 517. The van der Waals surface area contributed by atoms with Gasteiger partial charge in [0.25, 0.3) is 0 Å². The molecule has 0 aliphatic carbocycles. The Morgan fingerprint density at radius 2 is 2.21 bits per heavy atom. The largest absolute Gasteiger partial charge is 0.465 e. The predicted octanol–water partition coefficient (Wildman–Crippen LogP) is 2.43. The van der Waals surface area contributed by atoms with Gasteiger partial charge in [-0.25, -0.2) is 14.0 Å². The number of ether oxygens (including phenoxy) is 1. The molecule has 5 nitrogen and oxygen atoms in total. The van der Waals surface area contributed by atoms with Crippen molar-refractivity contribution in [2.45, 2.75) is 18.9 Å². The number of halogens is 1. The molecule has 1 N–H and O–H groups in total. The summed E-state index contributed by atoms with van der Waals surface area (Å²) in [6.45, 7) is 0.445. The van der Waals surface area contributed by atoms with Crippen molar-refractivity contribution in [1.82, 2.24) is 4.90 Å². The molecule has 1 atom stereocenters. The highest BCUT2D eigenvalue weighted by atomic mass is 19.1. The molecule has 0 aromatic heterocycles. The molecule has 0 radical (unpaired) electrons. The highest BCUT2D eigenvalue weighted by Gasteiger charge is 2.30. The van der Waals surface area contributed by atoms with E-state index >= 15 is 0 Å². The maximum atomic E-state index is 13.8. The van der Waals surface area contributed by atoms with E-state index in [-0.39, 0.29) is 11.6 Å². The molecule has 1 aromatic rings. The maximum absolute atomic E-state index is 13.8. The van der Waals surface area contributed by atoms with Crippen LogP contribution in [-0.4, -0.2) is 35.7 Å². The first-order valence-electron chi connectivity index (χ1n) is 5.92. The van der Waals surface area contributed by atoms with Gasteiger partial charge in [0.05, 0.1) is 18.7 Å². The van der Waals surface area contributed by atoms with Crippen LogP contribution in [0.4, 0.5) is 9.18 Å². The van der Waals surface area contributed by atoms with Gasteiger partial charge in [0.1, 0.15) is 5.82 Å². The number of esters is 1. The molecule has 1 unspecified atom stereocenters. The second-order valence-electron chi connectivity index (χ2n) is 4.36. The third-order valence-electron chi connectivity index (χ3n) is 3.28. The van der Waals surface area contributed by atoms with Crippen molar-refractivity contribution in [2.75, 3.05) is 13.7 Å². The number of amides is 1. The van der Waals surface area contributed by atoms with E-state index in [0.29, 0.717) is 18.5 Å². The van der Waals surface area contributed by atoms with Crippen molar-refractivity contribution in [3.63, 3.8) is 0 Å². The summed E-state index contributed by atoms with van der Waals surface area (Å²) >= 11 is 0. The lowest BCUT2D eigenvalue weighted by molar-refractivity contribution is 0.0595. The van der Waals surface area contributed by atoms with Gasteiger partial charge in [-0.2, -0.15) is 0 Å². The summed E-state index contributed by atoms with van der Waals surface area (Å²) in [5.41, 5.74) is 0.413. The molecule has 0 bridgehead atoms. The number of carbonyl (C=O) groups is 2. The average Bonchev–Trinajstić information content (AvgIpc) is 2.87. The second-order valence-corrected chi connectivity index (χ2v) is 4.36. The minimum absolute atomic E-state index is 0.147. The van der Waals surface area contributed by atoms with Crippen molar-refractivity contribution in [2.24, 2.45) is 0 Å². The van der Waals surface area contributed by atoms with Crippen LogP contribution in [-0.2, 0) is 4.74 Å². The highest BCUT2D eigenvalue weighted by Crippen LogP contribution is 2.32. The fourth-order valence-electron chi connectivity index (χ4n) is 2.36. The maximum Gasteiger partial charge on any atom is 0.407 e. The van der Waals surface area contributed by atoms with Gasteiger partial charge < -0.3 is 14.7 Å². The predicted molar refractivity (Wildman–Crippen MR) is 64.4 cm³/mol. The minimum atomic E-state index is -1.01. The number of likely N-dealkylation sites (tertiary alicyclic amines) is 1. The van der Waals surface area contributed by atoms with Crippen LogP contribution >= 0.6 is 0 Å². The molecular weight excluding hydrogens is 253 g/mol. The number of carboxylic acid groups (broad SMARTS) is 1. The Morgan fingerprint density at radius 1 is 1.47 bits per heavy atom. The van der Waals surface area contributed by atoms with E-state index in [1.54, 1.807) is 6.07 Å². The van der Waals surface area contributed by atoms with Crippen LogP contribution in [0.3, 0.4) is 0 Å². The van der Waals surface area contributed by atoms with Gasteiger partial charge in [0, 0.05) is 6.54 Å². The lowest BCUT2D eigenvalue weighted by Gasteiger charge is -2.22. The lowest BCUT2D eigenvalue weighted by atomic mass is 10.0. The summed E-state index contributed by atoms with van der Waals surface area (Å²) in [5, 5.41) is 9.05. The molecule has 0 saturated carbocycles. The summed E-state index contributed by atoms with van der Waals surface area (Å²) in [5.74, 6) is -1.44. The number of methoxy groups -OCH3 is 1. The number of hydrogen-bond donors (Lipinski definition) is 1. The van der Waals surface area contributed by atoms with Gasteiger partial charge in [0.2, 0.25) is 0 Å². The topological polar surface area (TPSA) is 66.8 Å². The number of nitrogens with zero attached hydrogens (tertiary/aromatic N) is 1. The fourth-order valence-corrected chi connectivity index (χ4v) is 2.36. The molecule has 1 fully saturated rings. The normalized spacial score (nSPS) is 18.4. The Kier molecular flexibility index (Phi) is 3.69. The van der Waals surface area contributed by atoms with Crippen LogP contribution in [0.15, 0.2) is 18.2 Å². The smallest absolute Gasteiger partial charge is 0.407 e. The molecule has 0 spiro atoms. The van der Waals surface area contributed by atoms with Crippen LogP contribution in [0.25, 0.3) is 0 Å². The molecular formula is C13H14FNO4. The zero-order valence-corrected chi connectivity index (χ0v) is 10.4. The van der Waals surface area contributed by atoms with Crippen LogP contribution in [0.2, 0.25) is 0 Å². The molecule has 102 valence electrons. The Labute approximate surface area is 109 Å². The molecule has 1 amide bonds. The second kappa shape index (κ2) is 5.26. The Morgan fingerprint density at radius 3 is 2.79 bits per heavy atom. The number of carbonyl (C=O) groups excluding carboxylic acids is 1. The first-order valence-corrected chi connectivity index (χ1v) is 5.92. The molecule has 19 heavy (non-hydrogen) atoms. The summed E-state index contributed by atoms with van der Waals surface area (Å²) < 4.78 is 18.3. The minimum Gasteiger partial charge on any atom is -0.465 e. The molecule has 1 aliphatic rings. The van der Waals surface area contributed by atoms with Crippen LogP contribution in [0.5, 0.6) is 0 Å². The van der Waals surface area contributed by atoms with Gasteiger partial charge in [-0.15, -0.1) is 0 Å². The summed E-state index contributed by atoms with van der Waals surface area (Å²) in [4.78, 5) is 23.6. The van der Waals surface area contributed by atoms with Gasteiger partial charge in [-0.3, -0.25) is 0 Å². The van der Waals surface area contributed by atoms with E-state index in [1.807, 2.05) is 0 Å². The van der Waals surface area contributed by atoms with E-state index in [9.17, 15) is 14.0 Å². The summed E-state index contributed by atoms with van der Waals surface area (Å²) in [6.07, 6.45) is 0.389. The highest BCUT2D eigenvalue weighted by molar-refractivity contribution is 5.89. The van der Waals surface area contributed by atoms with E-state index in [0.717, 1.165) is 6.42 Å². The first kappa shape index (κ1) is 13.3. The molecule has 1 aliphatic heterocycles. The lowest BCUT2D eigenvalue weighted by Crippen LogP contribution is -2.28. The third kappa shape index (κ3) is 2.52. The average molecular weight is 267 g/mol. The fraction of sp³-hybridized carbons (Fsp3) is 0.385. The van der Waals surface area contributed by atoms with Crippen molar-refractivity contribution in [1.29, 1.82) is 0 Å². The van der Waals surface area contributed by atoms with E-state index < -0.39 is 17.9 Å². The number of hydrogen-bond acceptors (Lipinski definition) is 3. The first-order chi connectivity index (χ1) is 9.04.